The number of carbonyl (C=O) groups excluding carboxylic acids is 1. The van der Waals surface area contributed by atoms with Crippen molar-refractivity contribution in [2.45, 2.75) is 267 Å². The van der Waals surface area contributed by atoms with Gasteiger partial charge >= 0.3 is 5.97 Å². The van der Waals surface area contributed by atoms with Crippen molar-refractivity contribution in [1.82, 2.24) is 0 Å². The van der Waals surface area contributed by atoms with E-state index < -0.39 is 207 Å². The topological polar surface area (TPSA) is 413 Å². The fourth-order valence-corrected chi connectivity index (χ4v) is 17.5. The predicted octanol–water partition coefficient (Wildman–Crippen LogP) is -2.93. The van der Waals surface area contributed by atoms with Crippen LogP contribution in [-0.4, -0.2) is 263 Å². The maximum absolute atomic E-state index is 15.4. The molecule has 26 heteroatoms. The van der Waals surface area contributed by atoms with E-state index in [2.05, 4.69) is 40.7 Å². The van der Waals surface area contributed by atoms with Gasteiger partial charge in [0.15, 0.2) is 31.3 Å². The van der Waals surface area contributed by atoms with Gasteiger partial charge in [0.2, 0.25) is 6.29 Å². The summed E-state index contributed by atoms with van der Waals surface area (Å²) in [7, 11) is 0. The lowest BCUT2D eigenvalue weighted by Gasteiger charge is -2.72. The van der Waals surface area contributed by atoms with Gasteiger partial charge in [0.25, 0.3) is 0 Å². The molecule has 10 aliphatic rings. The molecular weight excluding hydrogens is 1110 g/mol. The van der Waals surface area contributed by atoms with Gasteiger partial charge in [-0.1, -0.05) is 53.2 Å². The van der Waals surface area contributed by atoms with Gasteiger partial charge in [-0.05, 0) is 111 Å². The van der Waals surface area contributed by atoms with E-state index in [-0.39, 0.29) is 42.1 Å². The van der Waals surface area contributed by atoms with Gasteiger partial charge in [0.1, 0.15) is 97.0 Å². The third-order valence-corrected chi connectivity index (χ3v) is 22.8. The van der Waals surface area contributed by atoms with Crippen molar-refractivity contribution in [3.8, 4) is 0 Å². The molecule has 33 atom stereocenters. The first-order chi connectivity index (χ1) is 39.3. The Labute approximate surface area is 488 Å². The highest BCUT2D eigenvalue weighted by molar-refractivity contribution is 5.80. The lowest BCUT2D eigenvalue weighted by molar-refractivity contribution is -0.377. The molecule has 5 aliphatic heterocycles. The molecule has 0 bridgehead atoms. The monoisotopic (exact) mass is 1210 g/mol. The van der Waals surface area contributed by atoms with Crippen molar-refractivity contribution in [2.24, 2.45) is 50.2 Å². The van der Waals surface area contributed by atoms with Crippen molar-refractivity contribution in [1.29, 1.82) is 0 Å². The molecule has 0 aromatic heterocycles. The molecule has 0 radical (unpaired) electrons. The van der Waals surface area contributed by atoms with E-state index in [1.807, 2.05) is 6.92 Å². The van der Waals surface area contributed by atoms with Crippen molar-refractivity contribution >= 4 is 5.97 Å². The molecule has 0 spiro atoms. The molecule has 26 nitrogen and oxygen atoms in total. The third-order valence-electron chi connectivity index (χ3n) is 22.8. The van der Waals surface area contributed by atoms with Gasteiger partial charge in [0, 0.05) is 5.41 Å². The number of hydrogen-bond donors (Lipinski definition) is 15. The van der Waals surface area contributed by atoms with Crippen LogP contribution in [0.15, 0.2) is 11.6 Å². The molecule has 5 aliphatic carbocycles. The molecule has 9 unspecified atom stereocenters. The van der Waals surface area contributed by atoms with E-state index in [9.17, 15) is 76.6 Å². The molecule has 0 aromatic carbocycles. The Hall–Kier alpha value is -1.75. The fraction of sp³-hybridized carbons (Fsp3) is 0.948. The third kappa shape index (κ3) is 10.6. The quantitative estimate of drug-likeness (QED) is 0.0528. The zero-order chi connectivity index (χ0) is 61.3. The second-order valence-corrected chi connectivity index (χ2v) is 28.1. The summed E-state index contributed by atoms with van der Waals surface area (Å²) in [6.07, 6.45) is -31.4. The van der Waals surface area contributed by atoms with Crippen LogP contribution < -0.4 is 0 Å². The van der Waals surface area contributed by atoms with Crippen LogP contribution in [0.5, 0.6) is 0 Å². The number of fused-ring (bicyclic) bond motifs is 7. The molecule has 5 saturated heterocycles. The van der Waals surface area contributed by atoms with Crippen LogP contribution in [0.3, 0.4) is 0 Å². The average molecular weight is 1210 g/mol. The molecule has 15 N–H and O–H groups in total. The molecule has 0 amide bonds. The van der Waals surface area contributed by atoms with Crippen LogP contribution in [0.4, 0.5) is 0 Å². The number of carbonyl (C=O) groups is 1. The summed E-state index contributed by atoms with van der Waals surface area (Å²) in [5.41, 5.74) is -3.06. The normalized spacial score (nSPS) is 55.8. The number of rotatable bonds is 12. The molecule has 9 fully saturated rings. The van der Waals surface area contributed by atoms with Gasteiger partial charge in [-0.25, -0.2) is 0 Å². The van der Waals surface area contributed by atoms with Crippen LogP contribution in [-0.2, 0) is 52.2 Å². The van der Waals surface area contributed by atoms with Crippen LogP contribution in [0.2, 0.25) is 0 Å². The Balaban J connectivity index is 0.848. The van der Waals surface area contributed by atoms with E-state index in [0.717, 1.165) is 5.57 Å². The summed E-state index contributed by atoms with van der Waals surface area (Å²) < 4.78 is 59.3. The van der Waals surface area contributed by atoms with Crippen molar-refractivity contribution in [2.75, 3.05) is 26.4 Å². The Morgan fingerprint density at radius 2 is 1.15 bits per heavy atom. The fourth-order valence-electron chi connectivity index (χ4n) is 17.5. The SMILES string of the molecule is C[C@@H]1O[C@@H](O[C@@H]2[C@@H](O)[C@H](O[C@@H]3[C@@H](O)[C@@H](O)C(OC4[C@@H](OC(=O)C56CCC(C)(C)CC5C5=CCC7C8(C)CCC(O[C@@H]9O[C@H](CO)[C@@H](O)[C@H](O)[C@H]9O)[C@@](C)(CO)C8CCC7(C)[C@]5(C)C[C@H]6O)OC[C@@H](O)[C@@H]4O)O[C@H]3C)OC[C@H]2O)[C@H](O)[C@H](O)[C@H]1O. The zero-order valence-electron chi connectivity index (χ0n) is 49.1. The summed E-state index contributed by atoms with van der Waals surface area (Å²) in [5, 5.41) is 165. The van der Waals surface area contributed by atoms with E-state index >= 15 is 4.79 Å². The highest BCUT2D eigenvalue weighted by Gasteiger charge is 2.73. The van der Waals surface area contributed by atoms with Gasteiger partial charge < -0.3 is 124 Å². The first-order valence-corrected chi connectivity index (χ1v) is 30.1. The first-order valence-electron chi connectivity index (χ1n) is 30.1. The minimum absolute atomic E-state index is 0.0326. The molecular formula is C58H94O26. The molecule has 10 rings (SSSR count). The first kappa shape index (κ1) is 65.2. The lowest BCUT2D eigenvalue weighted by atomic mass is 9.33. The molecule has 84 heavy (non-hydrogen) atoms. The smallest absolute Gasteiger partial charge is 0.317 e. The van der Waals surface area contributed by atoms with Gasteiger partial charge in [-0.2, -0.15) is 0 Å². The van der Waals surface area contributed by atoms with Crippen molar-refractivity contribution in [3.63, 3.8) is 0 Å². The Morgan fingerprint density at radius 3 is 1.82 bits per heavy atom. The van der Waals surface area contributed by atoms with Gasteiger partial charge in [-0.3, -0.25) is 4.79 Å². The van der Waals surface area contributed by atoms with E-state index in [4.69, 9.17) is 47.4 Å². The van der Waals surface area contributed by atoms with Crippen molar-refractivity contribution < 1.29 is 129 Å². The second-order valence-electron chi connectivity index (χ2n) is 28.1. The van der Waals surface area contributed by atoms with E-state index in [1.165, 1.54) is 13.8 Å². The van der Waals surface area contributed by atoms with Crippen molar-refractivity contribution in [3.05, 3.63) is 11.6 Å². The largest absolute Gasteiger partial charge is 0.432 e. The minimum atomic E-state index is -1.97. The van der Waals surface area contributed by atoms with E-state index in [0.29, 0.717) is 44.9 Å². The van der Waals surface area contributed by atoms with Gasteiger partial charge in [0.05, 0.1) is 50.8 Å². The average Bonchev–Trinajstić information content (AvgIpc) is 0.709. The Kier molecular flexibility index (Phi) is 18.5. The number of allylic oxidation sites excluding steroid dienone is 2. The molecule has 0 aromatic rings. The predicted molar refractivity (Wildman–Crippen MR) is 283 cm³/mol. The molecule has 4 saturated carbocycles. The number of hydrogen-bond acceptors (Lipinski definition) is 26. The number of esters is 1. The maximum Gasteiger partial charge on any atom is 0.317 e. The summed E-state index contributed by atoms with van der Waals surface area (Å²) in [6, 6.07) is 0. The van der Waals surface area contributed by atoms with E-state index in [1.54, 1.807) is 0 Å². The van der Waals surface area contributed by atoms with Gasteiger partial charge in [-0.15, -0.1) is 0 Å². The van der Waals surface area contributed by atoms with Crippen LogP contribution >= 0.6 is 0 Å². The number of ether oxygens (including phenoxy) is 10. The summed E-state index contributed by atoms with van der Waals surface area (Å²) >= 11 is 0. The Bertz CT molecular complexity index is 2350. The van der Waals surface area contributed by atoms with Crippen LogP contribution in [0.25, 0.3) is 0 Å². The summed E-state index contributed by atoms with van der Waals surface area (Å²) in [4.78, 5) is 15.4. The molecule has 5 heterocycles. The summed E-state index contributed by atoms with van der Waals surface area (Å²) in [6.45, 7) is 14.0. The zero-order valence-corrected chi connectivity index (χ0v) is 49.1. The molecule has 482 valence electrons. The van der Waals surface area contributed by atoms with Crippen LogP contribution in [0.1, 0.15) is 113 Å². The standard InChI is InChI=1S/C58H94O26/c1-23-34(64)37(67)40(70)48(77-23)82-45-28(62)21-75-47(43(45)73)81-44-24(2)78-49(42(72)39(44)69)83-46-35(65)27(61)20-76-51(46)84-52(74)58-16-15-53(3,4)17-26(58)25-9-10-31-54(5)13-12-33(80-50-41(71)38(68)36(66)29(19-59)79-50)55(6,22-60)30(54)11-14-56(31,7)57(25,8)18-32(58)63/h9,23-24,26-51,59-73H,10-22H2,1-8H3/t23-,24-,26?,27+,28+,29+,30?,31?,32+,33?,34-,35-,36+,37+,38-,39-,40+,41+,42+,43+,44-,45-,46?,47-,48-,49?,50-,51+,54?,55-,56?,57+,58?/m0/s1. The summed E-state index contributed by atoms with van der Waals surface area (Å²) in [5.74, 6) is -1.40. The number of aliphatic hydroxyl groups excluding tert-OH is 15. The van der Waals surface area contributed by atoms with Crippen LogP contribution in [0, 0.1) is 50.2 Å². The Morgan fingerprint density at radius 1 is 0.560 bits per heavy atom. The second kappa shape index (κ2) is 23.8. The number of aliphatic hydroxyl groups is 15. The highest BCUT2D eigenvalue weighted by Crippen LogP contribution is 2.76. The minimum Gasteiger partial charge on any atom is -0.432 e. The lowest BCUT2D eigenvalue weighted by Crippen LogP contribution is -2.69. The highest BCUT2D eigenvalue weighted by atomic mass is 16.8. The maximum atomic E-state index is 15.4.